The molecule has 0 aromatic heterocycles. The summed E-state index contributed by atoms with van der Waals surface area (Å²) in [5.41, 5.74) is 6.57. The van der Waals surface area contributed by atoms with Gasteiger partial charge in [-0.3, -0.25) is 9.59 Å². The summed E-state index contributed by atoms with van der Waals surface area (Å²) in [6, 6.07) is 8.55. The fourth-order valence-corrected chi connectivity index (χ4v) is 1.78. The topological polar surface area (TPSA) is 99.2 Å². The lowest BCUT2D eigenvalue weighted by atomic mass is 10.2. The van der Waals surface area contributed by atoms with Crippen LogP contribution in [0.1, 0.15) is 24.2 Å². The number of hydrogen-bond acceptors (Lipinski definition) is 4. The number of nitrogens with two attached hydrogens (primary N) is 1. The highest BCUT2D eigenvalue weighted by Crippen LogP contribution is 2.05. The van der Waals surface area contributed by atoms with Crippen LogP contribution < -0.4 is 11.1 Å². The first-order chi connectivity index (χ1) is 9.97. The molecule has 1 atom stereocenters. The Kier molecular flexibility index (Phi) is 6.21. The maximum atomic E-state index is 12.0. The van der Waals surface area contributed by atoms with Gasteiger partial charge in [0, 0.05) is 24.3 Å². The third-order valence-corrected chi connectivity index (χ3v) is 3.02. The molecule has 0 heterocycles. The number of nitrogens with one attached hydrogen (secondary N) is 1. The van der Waals surface area contributed by atoms with Crippen LogP contribution in [-0.4, -0.2) is 36.3 Å². The van der Waals surface area contributed by atoms with Crippen LogP contribution >= 0.6 is 0 Å². The molecular formula is C15H20N4O2. The van der Waals surface area contributed by atoms with Crippen molar-refractivity contribution in [1.82, 2.24) is 10.2 Å². The van der Waals surface area contributed by atoms with Crippen LogP contribution in [0.25, 0.3) is 0 Å². The minimum absolute atomic E-state index is 0.0881. The van der Waals surface area contributed by atoms with Gasteiger partial charge in [-0.25, -0.2) is 0 Å². The molecule has 1 aromatic carbocycles. The largest absolute Gasteiger partial charge is 0.399 e. The van der Waals surface area contributed by atoms with Gasteiger partial charge < -0.3 is 16.0 Å². The second-order valence-electron chi connectivity index (χ2n) is 4.77. The first-order valence-corrected chi connectivity index (χ1v) is 6.79. The van der Waals surface area contributed by atoms with E-state index in [1.54, 1.807) is 36.1 Å². The number of hydrogen-bond donors (Lipinski definition) is 2. The first kappa shape index (κ1) is 16.5. The molecule has 2 amide bonds. The molecule has 6 heteroatoms. The number of carbonyl (C=O) groups is 2. The van der Waals surface area contributed by atoms with E-state index in [0.717, 1.165) is 0 Å². The van der Waals surface area contributed by atoms with Crippen LogP contribution in [0.15, 0.2) is 24.3 Å². The van der Waals surface area contributed by atoms with E-state index in [1.807, 2.05) is 6.92 Å². The van der Waals surface area contributed by atoms with E-state index in [2.05, 4.69) is 11.4 Å². The molecule has 0 aliphatic rings. The number of benzene rings is 1. The van der Waals surface area contributed by atoms with Crippen LogP contribution in [0.4, 0.5) is 5.69 Å². The predicted molar refractivity (Wildman–Crippen MR) is 80.2 cm³/mol. The number of nitrogens with zero attached hydrogens (tertiary/aromatic N) is 2. The Bertz CT molecular complexity index is 534. The maximum Gasteiger partial charge on any atom is 0.251 e. The maximum absolute atomic E-state index is 12.0. The lowest BCUT2D eigenvalue weighted by molar-refractivity contribution is -0.130. The fourth-order valence-electron chi connectivity index (χ4n) is 1.78. The van der Waals surface area contributed by atoms with Gasteiger partial charge in [-0.05, 0) is 38.1 Å². The summed E-state index contributed by atoms with van der Waals surface area (Å²) in [7, 11) is 0. The van der Waals surface area contributed by atoms with Crippen molar-refractivity contribution in [3.63, 3.8) is 0 Å². The number of rotatable bonds is 6. The minimum atomic E-state index is -0.326. The molecule has 0 aliphatic carbocycles. The Morgan fingerprint density at radius 3 is 2.52 bits per heavy atom. The normalized spacial score (nSPS) is 11.3. The highest BCUT2D eigenvalue weighted by Gasteiger charge is 2.15. The quantitative estimate of drug-likeness (QED) is 0.763. The molecule has 0 saturated heterocycles. The zero-order chi connectivity index (χ0) is 15.8. The average Bonchev–Trinajstić information content (AvgIpc) is 2.50. The van der Waals surface area contributed by atoms with Crippen LogP contribution in [0.5, 0.6) is 0 Å². The van der Waals surface area contributed by atoms with Crippen LogP contribution in [0.3, 0.4) is 0 Å². The van der Waals surface area contributed by atoms with E-state index < -0.39 is 0 Å². The van der Waals surface area contributed by atoms with Crippen molar-refractivity contribution in [2.24, 2.45) is 5.92 Å². The molecule has 0 fully saturated rings. The summed E-state index contributed by atoms with van der Waals surface area (Å²) in [5.74, 6) is -0.766. The van der Waals surface area contributed by atoms with Gasteiger partial charge >= 0.3 is 0 Å². The summed E-state index contributed by atoms with van der Waals surface area (Å²) in [5, 5.41) is 11.4. The average molecular weight is 288 g/mol. The van der Waals surface area contributed by atoms with Gasteiger partial charge in [-0.15, -0.1) is 0 Å². The van der Waals surface area contributed by atoms with E-state index in [0.29, 0.717) is 24.3 Å². The van der Waals surface area contributed by atoms with Crippen molar-refractivity contribution in [3.05, 3.63) is 29.8 Å². The lowest BCUT2D eigenvalue weighted by Crippen LogP contribution is -2.41. The molecule has 0 aliphatic heterocycles. The fraction of sp³-hybridized carbons (Fsp3) is 0.400. The SMILES string of the molecule is CCN(CC(C)C#N)C(=O)CNC(=O)c1ccc(N)cc1. The molecule has 6 nitrogen and oxygen atoms in total. The number of amides is 2. The molecule has 112 valence electrons. The summed E-state index contributed by atoms with van der Waals surface area (Å²) in [6.45, 7) is 4.37. The van der Waals surface area contributed by atoms with Crippen molar-refractivity contribution in [1.29, 1.82) is 5.26 Å². The number of anilines is 1. The number of nitriles is 1. The first-order valence-electron chi connectivity index (χ1n) is 6.79. The molecule has 3 N–H and O–H groups in total. The van der Waals surface area contributed by atoms with Gasteiger partial charge in [-0.2, -0.15) is 5.26 Å². The number of likely N-dealkylation sites (N-methyl/N-ethyl adjacent to an activating group) is 1. The van der Waals surface area contributed by atoms with Gasteiger partial charge in [0.1, 0.15) is 0 Å². The summed E-state index contributed by atoms with van der Waals surface area (Å²) in [4.78, 5) is 25.4. The van der Waals surface area contributed by atoms with Gasteiger partial charge in [0.05, 0.1) is 18.5 Å². The molecule has 0 bridgehead atoms. The Labute approximate surface area is 124 Å². The predicted octanol–water partition coefficient (Wildman–Crippen LogP) is 1.01. The second-order valence-corrected chi connectivity index (χ2v) is 4.77. The molecule has 1 rings (SSSR count). The number of carbonyl (C=O) groups excluding carboxylic acids is 2. The minimum Gasteiger partial charge on any atom is -0.399 e. The Balaban J connectivity index is 2.53. The molecule has 1 unspecified atom stereocenters. The highest BCUT2D eigenvalue weighted by atomic mass is 16.2. The van der Waals surface area contributed by atoms with Gasteiger partial charge in [-0.1, -0.05) is 0 Å². The van der Waals surface area contributed by atoms with Crippen molar-refractivity contribution in [3.8, 4) is 6.07 Å². The van der Waals surface area contributed by atoms with Crippen molar-refractivity contribution < 1.29 is 9.59 Å². The third-order valence-electron chi connectivity index (χ3n) is 3.02. The Morgan fingerprint density at radius 2 is 2.00 bits per heavy atom. The summed E-state index contributed by atoms with van der Waals surface area (Å²) in [6.07, 6.45) is 0. The van der Waals surface area contributed by atoms with E-state index >= 15 is 0 Å². The van der Waals surface area contributed by atoms with Gasteiger partial charge in [0.15, 0.2) is 0 Å². The monoisotopic (exact) mass is 288 g/mol. The van der Waals surface area contributed by atoms with Crippen molar-refractivity contribution >= 4 is 17.5 Å². The molecule has 1 aromatic rings. The Hall–Kier alpha value is -2.55. The Morgan fingerprint density at radius 1 is 1.38 bits per heavy atom. The molecular weight excluding hydrogens is 268 g/mol. The van der Waals surface area contributed by atoms with E-state index in [1.165, 1.54) is 0 Å². The summed E-state index contributed by atoms with van der Waals surface area (Å²) >= 11 is 0. The smallest absolute Gasteiger partial charge is 0.251 e. The van der Waals surface area contributed by atoms with E-state index in [-0.39, 0.29) is 24.3 Å². The molecule has 0 radical (unpaired) electrons. The zero-order valence-electron chi connectivity index (χ0n) is 12.3. The number of nitrogen functional groups attached to an aromatic ring is 1. The van der Waals surface area contributed by atoms with E-state index in [4.69, 9.17) is 11.0 Å². The highest BCUT2D eigenvalue weighted by molar-refractivity contribution is 5.96. The van der Waals surface area contributed by atoms with E-state index in [9.17, 15) is 9.59 Å². The van der Waals surface area contributed by atoms with Crippen LogP contribution in [0, 0.1) is 17.2 Å². The van der Waals surface area contributed by atoms with Crippen molar-refractivity contribution in [2.75, 3.05) is 25.4 Å². The lowest BCUT2D eigenvalue weighted by Gasteiger charge is -2.22. The molecule has 0 spiro atoms. The van der Waals surface area contributed by atoms with Crippen LogP contribution in [-0.2, 0) is 4.79 Å². The van der Waals surface area contributed by atoms with Crippen LogP contribution in [0.2, 0.25) is 0 Å². The van der Waals surface area contributed by atoms with Gasteiger partial charge in [0.25, 0.3) is 5.91 Å². The molecule has 0 saturated carbocycles. The standard InChI is InChI=1S/C15H20N4O2/c1-3-19(10-11(2)8-16)14(20)9-18-15(21)12-4-6-13(17)7-5-12/h4-7,11H,3,9-10,17H2,1-2H3,(H,18,21). The molecule has 21 heavy (non-hydrogen) atoms. The van der Waals surface area contributed by atoms with Crippen molar-refractivity contribution in [2.45, 2.75) is 13.8 Å². The summed E-state index contributed by atoms with van der Waals surface area (Å²) < 4.78 is 0. The van der Waals surface area contributed by atoms with Gasteiger partial charge in [0.2, 0.25) is 5.91 Å². The third kappa shape index (κ3) is 5.15. The zero-order valence-corrected chi connectivity index (χ0v) is 12.3. The second kappa shape index (κ2) is 7.90.